The Morgan fingerprint density at radius 3 is 2.59 bits per heavy atom. The maximum atomic E-state index is 12.3. The average Bonchev–Trinajstić information content (AvgIpc) is 2.65. The van der Waals surface area contributed by atoms with E-state index in [1.54, 1.807) is 12.1 Å². The summed E-state index contributed by atoms with van der Waals surface area (Å²) in [6, 6.07) is 10.2. The van der Waals surface area contributed by atoms with Gasteiger partial charge in [-0.25, -0.2) is 0 Å². The van der Waals surface area contributed by atoms with E-state index in [0.29, 0.717) is 5.56 Å². The highest BCUT2D eigenvalue weighted by atomic mass is 19.3. The molecule has 0 radical (unpaired) electrons. The van der Waals surface area contributed by atoms with Crippen LogP contribution >= 0.6 is 0 Å². The van der Waals surface area contributed by atoms with Crippen LogP contribution in [-0.4, -0.2) is 32.1 Å². The molecule has 0 atom stereocenters. The van der Waals surface area contributed by atoms with Crippen LogP contribution in [0, 0.1) is 0 Å². The van der Waals surface area contributed by atoms with Crippen LogP contribution in [0.4, 0.5) is 8.78 Å². The second kappa shape index (κ2) is 9.33. The highest BCUT2D eigenvalue weighted by Crippen LogP contribution is 2.30. The Hall–Kier alpha value is -3.42. The predicted octanol–water partition coefficient (Wildman–Crippen LogP) is 2.32. The molecule has 2 aromatic carbocycles. The summed E-state index contributed by atoms with van der Waals surface area (Å²) in [5.74, 6) is -1.54. The number of allylic oxidation sites excluding steroid dienone is 1. The van der Waals surface area contributed by atoms with Gasteiger partial charge in [0.15, 0.2) is 17.3 Å². The van der Waals surface area contributed by atoms with Gasteiger partial charge in [0.25, 0.3) is 0 Å². The molecule has 0 spiro atoms. The van der Waals surface area contributed by atoms with Gasteiger partial charge in [-0.1, -0.05) is 24.3 Å². The van der Waals surface area contributed by atoms with E-state index in [4.69, 9.17) is 9.47 Å². The summed E-state index contributed by atoms with van der Waals surface area (Å²) in [5, 5.41) is 10.4. The van der Waals surface area contributed by atoms with Gasteiger partial charge in [0.2, 0.25) is 0 Å². The number of methoxy groups -OCH3 is 1. The molecule has 2 aromatic rings. The maximum absolute atomic E-state index is 12.3. The molecular weight excluding hydrogens is 362 g/mol. The lowest BCUT2D eigenvalue weighted by molar-refractivity contribution is -0.307. The van der Waals surface area contributed by atoms with Crippen molar-refractivity contribution in [1.82, 2.24) is 0 Å². The number of carboxylic acid groups (broad SMARTS) is 1. The molecular formula is C19H15F2O6-. The Balaban J connectivity index is 2.12. The smallest absolute Gasteiger partial charge is 0.387 e. The molecule has 6 nitrogen and oxygen atoms in total. The fourth-order valence-electron chi connectivity index (χ4n) is 2.13. The number of hydrogen-bond acceptors (Lipinski definition) is 6. The van der Waals surface area contributed by atoms with Gasteiger partial charge in [0, 0.05) is 5.56 Å². The molecule has 0 fully saturated rings. The number of carbonyl (C=O) groups excluding carboxylic acids is 2. The molecule has 0 aromatic heterocycles. The minimum Gasteiger partial charge on any atom is -0.546 e. The van der Waals surface area contributed by atoms with Gasteiger partial charge in [-0.3, -0.25) is 4.79 Å². The second-order valence-corrected chi connectivity index (χ2v) is 5.17. The summed E-state index contributed by atoms with van der Waals surface area (Å²) < 4.78 is 38.9. The quantitative estimate of drug-likeness (QED) is 0.493. The number of ketones is 1. The van der Waals surface area contributed by atoms with Crippen LogP contribution in [0.25, 0.3) is 6.08 Å². The number of ether oxygens (including phenoxy) is 3. The van der Waals surface area contributed by atoms with Crippen LogP contribution < -0.4 is 19.3 Å². The molecule has 0 N–H and O–H groups in total. The Bertz CT molecular complexity index is 848. The number of halogens is 2. The SMILES string of the molecule is COc1cc(/C=C/C(=O)c2cccc(OCC(=O)[O-])c2)ccc1OC(F)F. The third-order valence-electron chi connectivity index (χ3n) is 3.31. The lowest BCUT2D eigenvalue weighted by Gasteiger charge is -2.10. The van der Waals surface area contributed by atoms with E-state index < -0.39 is 19.2 Å². The lowest BCUT2D eigenvalue weighted by atomic mass is 10.1. The lowest BCUT2D eigenvalue weighted by Crippen LogP contribution is -2.28. The number of rotatable bonds is 9. The van der Waals surface area contributed by atoms with Crippen molar-refractivity contribution in [2.24, 2.45) is 0 Å². The van der Waals surface area contributed by atoms with Crippen molar-refractivity contribution in [3.8, 4) is 17.2 Å². The first-order valence-electron chi connectivity index (χ1n) is 7.67. The summed E-state index contributed by atoms with van der Waals surface area (Å²) in [4.78, 5) is 22.7. The number of carboxylic acids is 1. The normalized spacial score (nSPS) is 10.8. The monoisotopic (exact) mass is 377 g/mol. The summed E-state index contributed by atoms with van der Waals surface area (Å²) >= 11 is 0. The molecule has 0 saturated carbocycles. The highest BCUT2D eigenvalue weighted by molar-refractivity contribution is 6.07. The molecule has 142 valence electrons. The van der Waals surface area contributed by atoms with Crippen molar-refractivity contribution in [3.05, 3.63) is 59.7 Å². The molecule has 0 heterocycles. The molecule has 0 aliphatic rings. The first kappa shape index (κ1) is 19.9. The average molecular weight is 377 g/mol. The van der Waals surface area contributed by atoms with Crippen molar-refractivity contribution in [2.75, 3.05) is 13.7 Å². The maximum Gasteiger partial charge on any atom is 0.387 e. The Morgan fingerprint density at radius 1 is 1.15 bits per heavy atom. The standard InChI is InChI=1S/C19H16F2O6/c1-25-17-9-12(6-8-16(17)27-19(20)21)5-7-15(22)13-3-2-4-14(10-13)26-11-18(23)24/h2-10,19H,11H2,1H3,(H,23,24)/p-1/b7-5+. The zero-order valence-corrected chi connectivity index (χ0v) is 14.2. The van der Waals surface area contributed by atoms with Crippen molar-refractivity contribution >= 4 is 17.8 Å². The van der Waals surface area contributed by atoms with Crippen LogP contribution in [0.2, 0.25) is 0 Å². The third-order valence-corrected chi connectivity index (χ3v) is 3.31. The van der Waals surface area contributed by atoms with Crippen LogP contribution in [0.15, 0.2) is 48.5 Å². The van der Waals surface area contributed by atoms with Gasteiger partial charge in [-0.2, -0.15) is 8.78 Å². The Labute approximate surface area is 153 Å². The van der Waals surface area contributed by atoms with E-state index in [1.165, 1.54) is 49.6 Å². The molecule has 0 unspecified atom stereocenters. The van der Waals surface area contributed by atoms with Crippen LogP contribution in [-0.2, 0) is 4.79 Å². The van der Waals surface area contributed by atoms with Crippen molar-refractivity contribution in [3.63, 3.8) is 0 Å². The minimum atomic E-state index is -2.98. The highest BCUT2D eigenvalue weighted by Gasteiger charge is 2.10. The third kappa shape index (κ3) is 6.10. The van der Waals surface area contributed by atoms with Gasteiger partial charge in [0.05, 0.1) is 13.1 Å². The first-order chi connectivity index (χ1) is 12.9. The minimum absolute atomic E-state index is 0.0996. The van der Waals surface area contributed by atoms with E-state index in [9.17, 15) is 23.5 Å². The molecule has 27 heavy (non-hydrogen) atoms. The summed E-state index contributed by atoms with van der Waals surface area (Å²) in [7, 11) is 1.31. The van der Waals surface area contributed by atoms with E-state index >= 15 is 0 Å². The van der Waals surface area contributed by atoms with Gasteiger partial charge in [0.1, 0.15) is 12.4 Å². The Kier molecular flexibility index (Phi) is 6.87. The van der Waals surface area contributed by atoms with E-state index in [1.807, 2.05) is 0 Å². The van der Waals surface area contributed by atoms with E-state index in [0.717, 1.165) is 0 Å². The van der Waals surface area contributed by atoms with Crippen molar-refractivity contribution < 1.29 is 37.7 Å². The molecule has 0 bridgehead atoms. The first-order valence-corrected chi connectivity index (χ1v) is 7.67. The Morgan fingerprint density at radius 2 is 1.93 bits per heavy atom. The van der Waals surface area contributed by atoms with Gasteiger partial charge in [-0.05, 0) is 35.9 Å². The zero-order valence-electron chi connectivity index (χ0n) is 14.2. The van der Waals surface area contributed by atoms with Crippen LogP contribution in [0.3, 0.4) is 0 Å². The molecule has 0 aliphatic heterocycles. The molecule has 0 saturated heterocycles. The van der Waals surface area contributed by atoms with E-state index in [2.05, 4.69) is 4.74 Å². The van der Waals surface area contributed by atoms with Crippen molar-refractivity contribution in [2.45, 2.75) is 6.61 Å². The number of carbonyl (C=O) groups is 2. The number of aliphatic carboxylic acids is 1. The fraction of sp³-hybridized carbons (Fsp3) is 0.158. The van der Waals surface area contributed by atoms with Crippen LogP contribution in [0.1, 0.15) is 15.9 Å². The van der Waals surface area contributed by atoms with Gasteiger partial charge in [-0.15, -0.1) is 0 Å². The molecule has 8 heteroatoms. The van der Waals surface area contributed by atoms with Gasteiger partial charge >= 0.3 is 6.61 Å². The molecule has 2 rings (SSSR count). The topological polar surface area (TPSA) is 84.9 Å². The van der Waals surface area contributed by atoms with Gasteiger partial charge < -0.3 is 24.1 Å². The molecule has 0 amide bonds. The summed E-state index contributed by atoms with van der Waals surface area (Å²) in [6.45, 7) is -3.60. The molecule has 0 aliphatic carbocycles. The zero-order chi connectivity index (χ0) is 19.8. The second-order valence-electron chi connectivity index (χ2n) is 5.17. The van der Waals surface area contributed by atoms with Crippen molar-refractivity contribution in [1.29, 1.82) is 0 Å². The number of alkyl halides is 2. The summed E-state index contributed by atoms with van der Waals surface area (Å²) in [6.07, 6.45) is 2.76. The number of benzene rings is 2. The fourth-order valence-corrected chi connectivity index (χ4v) is 2.13. The number of hydrogen-bond donors (Lipinski definition) is 0. The van der Waals surface area contributed by atoms with Crippen LogP contribution in [0.5, 0.6) is 17.2 Å². The summed E-state index contributed by atoms with van der Waals surface area (Å²) in [5.41, 5.74) is 0.817. The predicted molar refractivity (Wildman–Crippen MR) is 89.9 cm³/mol. The van der Waals surface area contributed by atoms with E-state index in [-0.39, 0.29) is 28.6 Å². The largest absolute Gasteiger partial charge is 0.546 e.